The molecule has 7 heteroatoms. The molecular weight excluding hydrogens is 419 g/mol. The molecule has 4 heterocycles. The van der Waals surface area contributed by atoms with Crippen molar-refractivity contribution in [2.45, 2.75) is 19.4 Å². The molecule has 1 unspecified atom stereocenters. The summed E-state index contributed by atoms with van der Waals surface area (Å²) >= 11 is 0. The third-order valence-corrected chi connectivity index (χ3v) is 5.85. The van der Waals surface area contributed by atoms with Crippen LogP contribution in [-0.4, -0.2) is 45.0 Å². The number of fused-ring (bicyclic) bond motifs is 1. The Hall–Kier alpha value is -4.18. The predicted octanol–water partition coefficient (Wildman–Crippen LogP) is 4.35. The molecule has 0 saturated carbocycles. The fraction of sp³-hybridized carbons (Fsp3) is 0.192. The Kier molecular flexibility index (Phi) is 5.27. The van der Waals surface area contributed by atoms with Crippen LogP contribution >= 0.6 is 0 Å². The second-order valence-corrected chi connectivity index (χ2v) is 8.05. The average Bonchev–Trinajstić information content (AvgIpc) is 3.45. The van der Waals surface area contributed by atoms with Crippen LogP contribution in [0.1, 0.15) is 12.0 Å². The van der Waals surface area contributed by atoms with Gasteiger partial charge < -0.3 is 14.6 Å². The number of likely N-dealkylation sites (tertiary alicyclic amines) is 1. The first kappa shape index (κ1) is 20.7. The SMILES string of the molecule is C#CC(=O)N1CCC(Oc2cnccc2-c2[nH]c3cccnc3c2-c2cc(C)ccc2F)C1. The number of amides is 1. The Morgan fingerprint density at radius 2 is 2.15 bits per heavy atom. The number of pyridine rings is 2. The Morgan fingerprint density at radius 3 is 3.00 bits per heavy atom. The Bertz CT molecular complexity index is 1410. The molecule has 0 aliphatic carbocycles. The van der Waals surface area contributed by atoms with Gasteiger partial charge in [0.2, 0.25) is 0 Å². The van der Waals surface area contributed by atoms with Gasteiger partial charge in [-0.1, -0.05) is 11.6 Å². The quantitative estimate of drug-likeness (QED) is 0.479. The standard InChI is InChI=1S/C26H21FN4O2/c1-3-23(32)31-12-9-17(15-31)33-22-14-28-11-8-18(22)25-24(19-13-16(2)6-7-20(19)27)26-21(30-25)5-4-10-29-26/h1,4-8,10-11,13-14,17,30H,9,12,15H2,2H3. The molecule has 1 N–H and O–H groups in total. The third kappa shape index (κ3) is 3.80. The molecule has 5 rings (SSSR count). The maximum absolute atomic E-state index is 15.0. The number of aryl methyl sites for hydroxylation is 1. The monoisotopic (exact) mass is 440 g/mol. The molecule has 0 radical (unpaired) electrons. The van der Waals surface area contributed by atoms with Crippen molar-refractivity contribution in [1.29, 1.82) is 0 Å². The first-order valence-electron chi connectivity index (χ1n) is 10.6. The zero-order valence-electron chi connectivity index (χ0n) is 18.0. The van der Waals surface area contributed by atoms with E-state index in [0.717, 1.165) is 16.6 Å². The van der Waals surface area contributed by atoms with E-state index in [4.69, 9.17) is 11.2 Å². The summed E-state index contributed by atoms with van der Waals surface area (Å²) < 4.78 is 21.3. The van der Waals surface area contributed by atoms with Crippen molar-refractivity contribution in [3.63, 3.8) is 0 Å². The van der Waals surface area contributed by atoms with E-state index < -0.39 is 0 Å². The van der Waals surface area contributed by atoms with Crippen LogP contribution in [0.15, 0.2) is 55.0 Å². The van der Waals surface area contributed by atoms with Crippen LogP contribution in [0.25, 0.3) is 33.4 Å². The van der Waals surface area contributed by atoms with Gasteiger partial charge in [0, 0.05) is 42.0 Å². The summed E-state index contributed by atoms with van der Waals surface area (Å²) in [5, 5.41) is 0. The molecule has 1 aliphatic heterocycles. The summed E-state index contributed by atoms with van der Waals surface area (Å²) in [6.45, 7) is 2.87. The van der Waals surface area contributed by atoms with Crippen LogP contribution in [0.3, 0.4) is 0 Å². The van der Waals surface area contributed by atoms with Crippen molar-refractivity contribution >= 4 is 16.9 Å². The van der Waals surface area contributed by atoms with E-state index in [1.807, 2.05) is 31.2 Å². The fourth-order valence-corrected chi connectivity index (χ4v) is 4.28. The summed E-state index contributed by atoms with van der Waals surface area (Å²) in [4.78, 5) is 25.6. The number of carbonyl (C=O) groups is 1. The van der Waals surface area contributed by atoms with Gasteiger partial charge in [-0.15, -0.1) is 6.42 Å². The highest BCUT2D eigenvalue weighted by Gasteiger charge is 2.28. The number of nitrogens with one attached hydrogen (secondary N) is 1. The molecule has 33 heavy (non-hydrogen) atoms. The van der Waals surface area contributed by atoms with Gasteiger partial charge in [-0.3, -0.25) is 14.8 Å². The van der Waals surface area contributed by atoms with Crippen LogP contribution in [0.4, 0.5) is 4.39 Å². The number of rotatable bonds is 4. The van der Waals surface area contributed by atoms with Crippen molar-refractivity contribution in [3.8, 4) is 40.5 Å². The summed E-state index contributed by atoms with van der Waals surface area (Å²) in [5.74, 6) is 2.02. The molecule has 1 atom stereocenters. The molecule has 1 aliphatic rings. The first-order valence-corrected chi connectivity index (χ1v) is 10.6. The second-order valence-electron chi connectivity index (χ2n) is 8.05. The van der Waals surface area contributed by atoms with Crippen LogP contribution in [0.2, 0.25) is 0 Å². The molecule has 0 spiro atoms. The number of halogens is 1. The lowest BCUT2D eigenvalue weighted by Crippen LogP contribution is -2.29. The topological polar surface area (TPSA) is 71.1 Å². The summed E-state index contributed by atoms with van der Waals surface area (Å²) in [7, 11) is 0. The van der Waals surface area contributed by atoms with Crippen LogP contribution in [0.5, 0.6) is 5.75 Å². The molecule has 1 fully saturated rings. The zero-order chi connectivity index (χ0) is 22.9. The number of hydrogen-bond donors (Lipinski definition) is 1. The number of hydrogen-bond acceptors (Lipinski definition) is 4. The molecule has 1 aromatic carbocycles. The van der Waals surface area contributed by atoms with E-state index in [1.54, 1.807) is 29.6 Å². The minimum Gasteiger partial charge on any atom is -0.486 e. The molecule has 1 amide bonds. The van der Waals surface area contributed by atoms with E-state index in [2.05, 4.69) is 20.9 Å². The molecule has 0 bridgehead atoms. The van der Waals surface area contributed by atoms with Crippen LogP contribution in [0, 0.1) is 25.1 Å². The van der Waals surface area contributed by atoms with Crippen LogP contribution in [-0.2, 0) is 4.79 Å². The lowest BCUT2D eigenvalue weighted by atomic mass is 9.98. The lowest BCUT2D eigenvalue weighted by Gasteiger charge is -2.17. The van der Waals surface area contributed by atoms with Crippen molar-refractivity contribution in [2.24, 2.45) is 0 Å². The average molecular weight is 440 g/mol. The highest BCUT2D eigenvalue weighted by atomic mass is 19.1. The van der Waals surface area contributed by atoms with Gasteiger partial charge in [0.1, 0.15) is 17.7 Å². The highest BCUT2D eigenvalue weighted by Crippen LogP contribution is 2.42. The maximum atomic E-state index is 15.0. The maximum Gasteiger partial charge on any atom is 0.298 e. The number of nitrogens with zero attached hydrogens (tertiary/aromatic N) is 3. The minimum atomic E-state index is -0.341. The molecule has 4 aromatic rings. The molecular formula is C26H21FN4O2. The fourth-order valence-electron chi connectivity index (χ4n) is 4.28. The first-order chi connectivity index (χ1) is 16.0. The largest absolute Gasteiger partial charge is 0.486 e. The van der Waals surface area contributed by atoms with E-state index in [9.17, 15) is 9.18 Å². The van der Waals surface area contributed by atoms with Gasteiger partial charge in [0.25, 0.3) is 5.91 Å². The normalized spacial score (nSPS) is 15.5. The van der Waals surface area contributed by atoms with Crippen LogP contribution < -0.4 is 4.74 Å². The Labute approximate surface area is 190 Å². The number of terminal acetylenes is 1. The minimum absolute atomic E-state index is 0.216. The number of aromatic nitrogens is 3. The predicted molar refractivity (Wildman–Crippen MR) is 124 cm³/mol. The number of ether oxygens (including phenoxy) is 1. The Balaban J connectivity index is 1.61. The van der Waals surface area contributed by atoms with E-state index in [0.29, 0.717) is 47.6 Å². The van der Waals surface area contributed by atoms with Crippen molar-refractivity contribution in [3.05, 3.63) is 66.4 Å². The molecule has 164 valence electrons. The summed E-state index contributed by atoms with van der Waals surface area (Å²) in [6, 6.07) is 10.6. The highest BCUT2D eigenvalue weighted by molar-refractivity contribution is 6.02. The number of aromatic amines is 1. The van der Waals surface area contributed by atoms with Crippen molar-refractivity contribution in [1.82, 2.24) is 19.9 Å². The van der Waals surface area contributed by atoms with Gasteiger partial charge in [0.05, 0.1) is 29.5 Å². The number of benzene rings is 1. The van der Waals surface area contributed by atoms with E-state index in [-0.39, 0.29) is 17.8 Å². The molecule has 3 aromatic heterocycles. The second kappa shape index (κ2) is 8.40. The third-order valence-electron chi connectivity index (χ3n) is 5.85. The molecule has 1 saturated heterocycles. The summed E-state index contributed by atoms with van der Waals surface area (Å²) in [5.41, 5.74) is 4.96. The Morgan fingerprint density at radius 1 is 1.27 bits per heavy atom. The van der Waals surface area contributed by atoms with E-state index in [1.165, 1.54) is 6.07 Å². The van der Waals surface area contributed by atoms with Gasteiger partial charge >= 0.3 is 0 Å². The van der Waals surface area contributed by atoms with Gasteiger partial charge in [-0.25, -0.2) is 4.39 Å². The van der Waals surface area contributed by atoms with Gasteiger partial charge in [-0.05, 0) is 43.2 Å². The van der Waals surface area contributed by atoms with Gasteiger partial charge in [-0.2, -0.15) is 0 Å². The van der Waals surface area contributed by atoms with Gasteiger partial charge in [0.15, 0.2) is 0 Å². The smallest absolute Gasteiger partial charge is 0.298 e. The van der Waals surface area contributed by atoms with Crippen molar-refractivity contribution in [2.75, 3.05) is 13.1 Å². The molecule has 6 nitrogen and oxygen atoms in total. The van der Waals surface area contributed by atoms with E-state index >= 15 is 0 Å². The van der Waals surface area contributed by atoms with Crippen molar-refractivity contribution < 1.29 is 13.9 Å². The zero-order valence-corrected chi connectivity index (χ0v) is 18.0. The number of carbonyl (C=O) groups excluding carboxylic acids is 1. The lowest BCUT2D eigenvalue weighted by molar-refractivity contribution is -0.124. The summed E-state index contributed by atoms with van der Waals surface area (Å²) in [6.07, 6.45) is 10.7. The number of H-pyrrole nitrogens is 1.